The summed E-state index contributed by atoms with van der Waals surface area (Å²) < 4.78 is 10.8. The zero-order valence-corrected chi connectivity index (χ0v) is 16.1. The Kier molecular flexibility index (Phi) is 5.53. The van der Waals surface area contributed by atoms with Gasteiger partial charge in [0.2, 0.25) is 5.91 Å². The van der Waals surface area contributed by atoms with Gasteiger partial charge in [-0.1, -0.05) is 32.1 Å². The number of carbonyl (C=O) groups is 3. The normalized spacial score (nSPS) is 28.7. The van der Waals surface area contributed by atoms with Gasteiger partial charge in [-0.15, -0.1) is 0 Å². The number of ketones is 1. The number of fused-ring (bicyclic) bond motifs is 1. The smallest absolute Gasteiger partial charge is 0.287 e. The first-order valence-electron chi connectivity index (χ1n) is 10.4. The summed E-state index contributed by atoms with van der Waals surface area (Å²) in [4.78, 5) is 38.2. The van der Waals surface area contributed by atoms with Crippen molar-refractivity contribution < 1.29 is 23.5 Å². The lowest BCUT2D eigenvalue weighted by Gasteiger charge is -2.31. The minimum atomic E-state index is -0.919. The van der Waals surface area contributed by atoms with Crippen molar-refractivity contribution >= 4 is 17.6 Å². The maximum atomic E-state index is 13.2. The summed E-state index contributed by atoms with van der Waals surface area (Å²) in [5.74, 6) is -0.184. The highest BCUT2D eigenvalue weighted by molar-refractivity contribution is 5.99. The minimum Gasteiger partial charge on any atom is -0.459 e. The summed E-state index contributed by atoms with van der Waals surface area (Å²) in [6.45, 7) is 0.0526. The molecule has 0 spiro atoms. The molecular weight excluding hydrogens is 360 g/mol. The predicted molar refractivity (Wildman–Crippen MR) is 101 cm³/mol. The molecule has 152 valence electrons. The van der Waals surface area contributed by atoms with Crippen molar-refractivity contribution in [3.05, 3.63) is 24.2 Å². The molecule has 3 fully saturated rings. The molecule has 0 radical (unpaired) electrons. The van der Waals surface area contributed by atoms with E-state index in [1.54, 1.807) is 12.1 Å². The number of carbonyl (C=O) groups excluding carboxylic acids is 3. The molecule has 1 aromatic rings. The minimum absolute atomic E-state index is 0.0526. The van der Waals surface area contributed by atoms with Gasteiger partial charge in [0, 0.05) is 0 Å². The van der Waals surface area contributed by atoms with E-state index in [1.807, 2.05) is 0 Å². The number of Topliss-reactive ketones (excluding diaryl/α,β-unsaturated/α-hetero) is 1. The highest BCUT2D eigenvalue weighted by Crippen LogP contribution is 2.38. The van der Waals surface area contributed by atoms with Gasteiger partial charge in [-0.05, 0) is 43.7 Å². The predicted octanol–water partition coefficient (Wildman–Crippen LogP) is 2.36. The largest absolute Gasteiger partial charge is 0.459 e. The first-order chi connectivity index (χ1) is 13.6. The lowest BCUT2D eigenvalue weighted by atomic mass is 9.84. The highest BCUT2D eigenvalue weighted by atomic mass is 16.5. The lowest BCUT2D eigenvalue weighted by Crippen LogP contribution is -2.60. The second-order valence-corrected chi connectivity index (χ2v) is 8.32. The van der Waals surface area contributed by atoms with Gasteiger partial charge in [-0.2, -0.15) is 0 Å². The van der Waals surface area contributed by atoms with Crippen LogP contribution in [-0.2, 0) is 14.3 Å². The van der Waals surface area contributed by atoms with Crippen molar-refractivity contribution in [3.63, 3.8) is 0 Å². The van der Waals surface area contributed by atoms with Crippen molar-refractivity contribution in [3.8, 4) is 0 Å². The molecule has 2 N–H and O–H groups in total. The van der Waals surface area contributed by atoms with Crippen LogP contribution in [0.5, 0.6) is 0 Å². The molecule has 7 heteroatoms. The monoisotopic (exact) mass is 388 g/mol. The molecule has 1 saturated heterocycles. The first-order valence-corrected chi connectivity index (χ1v) is 10.4. The topological polar surface area (TPSA) is 97.6 Å². The van der Waals surface area contributed by atoms with Crippen LogP contribution in [0.15, 0.2) is 22.8 Å². The molecule has 0 bridgehead atoms. The molecule has 3 unspecified atom stereocenters. The Labute approximate surface area is 164 Å². The van der Waals surface area contributed by atoms with E-state index in [4.69, 9.17) is 9.15 Å². The molecule has 2 saturated carbocycles. The molecular formula is C21H28N2O5. The molecule has 7 nitrogen and oxygen atoms in total. The average Bonchev–Trinajstić information content (AvgIpc) is 3.41. The second kappa shape index (κ2) is 8.07. The summed E-state index contributed by atoms with van der Waals surface area (Å²) >= 11 is 0. The van der Waals surface area contributed by atoms with Crippen molar-refractivity contribution in [2.45, 2.75) is 75.5 Å². The third-order valence-electron chi connectivity index (χ3n) is 6.51. The molecule has 2 heterocycles. The summed E-state index contributed by atoms with van der Waals surface area (Å²) in [6, 6.07) is 2.52. The van der Waals surface area contributed by atoms with E-state index in [0.29, 0.717) is 18.8 Å². The molecule has 1 aliphatic heterocycles. The van der Waals surface area contributed by atoms with Crippen molar-refractivity contribution in [1.29, 1.82) is 0 Å². The van der Waals surface area contributed by atoms with Gasteiger partial charge in [0.05, 0.1) is 12.4 Å². The van der Waals surface area contributed by atoms with Gasteiger partial charge in [0.25, 0.3) is 5.91 Å². The summed E-state index contributed by atoms with van der Waals surface area (Å²) in [7, 11) is 0. The fourth-order valence-electron chi connectivity index (χ4n) is 4.97. The highest BCUT2D eigenvalue weighted by Gasteiger charge is 2.55. The van der Waals surface area contributed by atoms with Gasteiger partial charge >= 0.3 is 0 Å². The number of furan rings is 1. The van der Waals surface area contributed by atoms with Crippen LogP contribution in [0.3, 0.4) is 0 Å². The summed E-state index contributed by atoms with van der Waals surface area (Å²) in [5.41, 5.74) is -0.919. The number of hydrogen-bond acceptors (Lipinski definition) is 5. The fourth-order valence-corrected chi connectivity index (χ4v) is 4.97. The second-order valence-electron chi connectivity index (χ2n) is 8.32. The quantitative estimate of drug-likeness (QED) is 0.780. The molecule has 2 aliphatic carbocycles. The number of rotatable bonds is 6. The fraction of sp³-hybridized carbons (Fsp3) is 0.667. The van der Waals surface area contributed by atoms with Crippen LogP contribution < -0.4 is 10.6 Å². The van der Waals surface area contributed by atoms with Gasteiger partial charge < -0.3 is 19.8 Å². The van der Waals surface area contributed by atoms with Crippen LogP contribution in [0, 0.1) is 5.92 Å². The van der Waals surface area contributed by atoms with E-state index in [2.05, 4.69) is 10.6 Å². The van der Waals surface area contributed by atoms with E-state index in [0.717, 1.165) is 38.5 Å². The van der Waals surface area contributed by atoms with E-state index >= 15 is 0 Å². The van der Waals surface area contributed by atoms with Crippen molar-refractivity contribution in [1.82, 2.24) is 10.6 Å². The SMILES string of the molecule is O=C(NC(CC1CCCCC1)C(=O)NC12CCCC1OCC2=O)c1ccco1. The molecule has 3 aliphatic rings. The number of nitrogens with one attached hydrogen (secondary N) is 2. The third kappa shape index (κ3) is 3.72. The third-order valence-corrected chi connectivity index (χ3v) is 6.51. The average molecular weight is 388 g/mol. The van der Waals surface area contributed by atoms with Gasteiger partial charge in [-0.3, -0.25) is 14.4 Å². The maximum absolute atomic E-state index is 13.2. The Morgan fingerprint density at radius 1 is 1.18 bits per heavy atom. The van der Waals surface area contributed by atoms with E-state index in [-0.39, 0.29) is 30.2 Å². The van der Waals surface area contributed by atoms with Crippen LogP contribution in [0.1, 0.15) is 68.3 Å². The molecule has 2 amide bonds. The zero-order valence-electron chi connectivity index (χ0n) is 16.1. The Morgan fingerprint density at radius 3 is 2.75 bits per heavy atom. The Morgan fingerprint density at radius 2 is 2.00 bits per heavy atom. The number of hydrogen-bond donors (Lipinski definition) is 2. The van der Waals surface area contributed by atoms with E-state index in [9.17, 15) is 14.4 Å². The first kappa shape index (κ1) is 19.2. The van der Waals surface area contributed by atoms with Crippen LogP contribution in [0.4, 0.5) is 0 Å². The zero-order chi connectivity index (χ0) is 19.6. The molecule has 0 aromatic carbocycles. The number of amides is 2. The molecule has 28 heavy (non-hydrogen) atoms. The summed E-state index contributed by atoms with van der Waals surface area (Å²) in [6.07, 6.45) is 9.66. The van der Waals surface area contributed by atoms with Gasteiger partial charge in [-0.25, -0.2) is 0 Å². The Bertz CT molecular complexity index is 725. The summed E-state index contributed by atoms with van der Waals surface area (Å²) in [5, 5.41) is 5.82. The number of ether oxygens (including phenoxy) is 1. The maximum Gasteiger partial charge on any atom is 0.287 e. The van der Waals surface area contributed by atoms with Crippen LogP contribution in [0.2, 0.25) is 0 Å². The molecule has 1 aromatic heterocycles. The van der Waals surface area contributed by atoms with E-state index < -0.39 is 17.5 Å². The molecule has 4 rings (SSSR count). The van der Waals surface area contributed by atoms with Crippen molar-refractivity contribution in [2.75, 3.05) is 6.61 Å². The Balaban J connectivity index is 1.49. The van der Waals surface area contributed by atoms with Gasteiger partial charge in [0.15, 0.2) is 11.5 Å². The molecule has 3 atom stereocenters. The standard InChI is InChI=1S/C21H28N2O5/c24-17-13-28-18-9-4-10-21(17,18)23-19(25)15(12-14-6-2-1-3-7-14)22-20(26)16-8-5-11-27-16/h5,8,11,14-15,18H,1-4,6-7,9-10,12-13H2,(H,22,26)(H,23,25). The van der Waals surface area contributed by atoms with Crippen LogP contribution >= 0.6 is 0 Å². The van der Waals surface area contributed by atoms with Crippen LogP contribution in [-0.4, -0.2) is 41.9 Å². The van der Waals surface area contributed by atoms with E-state index in [1.165, 1.54) is 12.7 Å². The van der Waals surface area contributed by atoms with Crippen LogP contribution in [0.25, 0.3) is 0 Å². The Hall–Kier alpha value is -2.15. The van der Waals surface area contributed by atoms with Crippen molar-refractivity contribution in [2.24, 2.45) is 5.92 Å². The van der Waals surface area contributed by atoms with Gasteiger partial charge in [0.1, 0.15) is 18.2 Å². The lowest BCUT2D eigenvalue weighted by molar-refractivity contribution is -0.131.